The highest BCUT2D eigenvalue weighted by Crippen LogP contribution is 2.21. The summed E-state index contributed by atoms with van der Waals surface area (Å²) in [7, 11) is 3.94. The van der Waals surface area contributed by atoms with Crippen molar-refractivity contribution in [1.29, 1.82) is 0 Å². The van der Waals surface area contributed by atoms with E-state index in [-0.39, 0.29) is 5.78 Å². The van der Waals surface area contributed by atoms with Crippen LogP contribution in [0.1, 0.15) is 5.69 Å². The van der Waals surface area contributed by atoms with Crippen molar-refractivity contribution in [1.82, 2.24) is 34.8 Å². The van der Waals surface area contributed by atoms with E-state index in [1.54, 1.807) is 17.1 Å². The predicted molar refractivity (Wildman–Crippen MR) is 102 cm³/mol. The van der Waals surface area contributed by atoms with Gasteiger partial charge in [0, 0.05) is 56.1 Å². The Labute approximate surface area is 157 Å². The predicted octanol–water partition coefficient (Wildman–Crippen LogP) is 0.784. The van der Waals surface area contributed by atoms with Gasteiger partial charge in [-0.05, 0) is 19.2 Å². The lowest BCUT2D eigenvalue weighted by Gasteiger charge is -2.31. The van der Waals surface area contributed by atoms with Crippen molar-refractivity contribution in [3.8, 4) is 11.3 Å². The molecule has 8 nitrogen and oxygen atoms in total. The number of pyridine rings is 2. The van der Waals surface area contributed by atoms with Gasteiger partial charge in [0.2, 0.25) is 0 Å². The van der Waals surface area contributed by atoms with E-state index in [0.29, 0.717) is 13.0 Å². The molecular formula is C19H23N7O. The largest absolute Gasteiger partial charge is 0.304 e. The number of carbonyl (C=O) groups is 1. The summed E-state index contributed by atoms with van der Waals surface area (Å²) in [5.41, 5.74) is 3.26. The van der Waals surface area contributed by atoms with Crippen LogP contribution in [0.5, 0.6) is 0 Å². The molecule has 1 aliphatic heterocycles. The molecule has 0 bridgehead atoms. The molecule has 3 aromatic rings. The van der Waals surface area contributed by atoms with Gasteiger partial charge in [-0.15, -0.1) is 5.10 Å². The zero-order valence-electron chi connectivity index (χ0n) is 15.7. The number of rotatable bonds is 5. The van der Waals surface area contributed by atoms with E-state index in [1.165, 1.54) is 0 Å². The van der Waals surface area contributed by atoms with Gasteiger partial charge >= 0.3 is 0 Å². The van der Waals surface area contributed by atoms with Crippen LogP contribution in [0.3, 0.4) is 0 Å². The summed E-state index contributed by atoms with van der Waals surface area (Å²) in [5, 5.41) is 9.05. The SMILES string of the molecule is CN1CCN(CC(=O)Cc2cc3cc(-c4cn(C)nn4)cnc3cn2)CC1. The molecule has 0 atom stereocenters. The van der Waals surface area contributed by atoms with Gasteiger partial charge in [-0.3, -0.25) is 24.3 Å². The fraction of sp³-hybridized carbons (Fsp3) is 0.421. The number of hydrogen-bond donors (Lipinski definition) is 0. The second-order valence-corrected chi connectivity index (χ2v) is 7.16. The van der Waals surface area contributed by atoms with Crippen LogP contribution in [0.15, 0.2) is 30.7 Å². The third-order valence-electron chi connectivity index (χ3n) is 4.90. The van der Waals surface area contributed by atoms with Crippen molar-refractivity contribution in [3.63, 3.8) is 0 Å². The Morgan fingerprint density at radius 1 is 1.07 bits per heavy atom. The molecule has 1 saturated heterocycles. The van der Waals surface area contributed by atoms with Crippen LogP contribution in [0.2, 0.25) is 0 Å². The second kappa shape index (κ2) is 7.50. The number of carbonyl (C=O) groups excluding carboxylic acids is 1. The summed E-state index contributed by atoms with van der Waals surface area (Å²) in [5.74, 6) is 0.199. The molecule has 0 unspecified atom stereocenters. The zero-order chi connectivity index (χ0) is 18.8. The molecule has 27 heavy (non-hydrogen) atoms. The van der Waals surface area contributed by atoms with Crippen LogP contribution in [0.25, 0.3) is 22.2 Å². The molecule has 0 aliphatic carbocycles. The zero-order valence-corrected chi connectivity index (χ0v) is 15.7. The maximum absolute atomic E-state index is 12.5. The summed E-state index contributed by atoms with van der Waals surface area (Å²) >= 11 is 0. The molecule has 0 spiro atoms. The first kappa shape index (κ1) is 17.7. The normalized spacial score (nSPS) is 16.1. The minimum Gasteiger partial charge on any atom is -0.304 e. The van der Waals surface area contributed by atoms with E-state index < -0.39 is 0 Å². The molecule has 1 aliphatic rings. The van der Waals surface area contributed by atoms with Gasteiger partial charge in [0.1, 0.15) is 5.69 Å². The van der Waals surface area contributed by atoms with Crippen molar-refractivity contribution < 1.29 is 4.79 Å². The fourth-order valence-corrected chi connectivity index (χ4v) is 3.31. The van der Waals surface area contributed by atoms with Crippen LogP contribution in [0, 0.1) is 0 Å². The van der Waals surface area contributed by atoms with Crippen LogP contribution in [0.4, 0.5) is 0 Å². The van der Waals surface area contributed by atoms with E-state index in [9.17, 15) is 4.79 Å². The number of likely N-dealkylation sites (N-methyl/N-ethyl adjacent to an activating group) is 1. The fourth-order valence-electron chi connectivity index (χ4n) is 3.31. The molecule has 0 radical (unpaired) electrons. The van der Waals surface area contributed by atoms with Gasteiger partial charge in [0.25, 0.3) is 0 Å². The lowest BCUT2D eigenvalue weighted by atomic mass is 10.1. The number of aromatic nitrogens is 5. The molecule has 4 heterocycles. The lowest BCUT2D eigenvalue weighted by Crippen LogP contribution is -2.46. The summed E-state index contributed by atoms with van der Waals surface area (Å²) in [6, 6.07) is 3.96. The maximum atomic E-state index is 12.5. The molecule has 140 valence electrons. The van der Waals surface area contributed by atoms with Crippen LogP contribution >= 0.6 is 0 Å². The van der Waals surface area contributed by atoms with E-state index in [1.807, 2.05) is 25.4 Å². The van der Waals surface area contributed by atoms with Crippen molar-refractivity contribution in [2.24, 2.45) is 7.05 Å². The Balaban J connectivity index is 1.48. The van der Waals surface area contributed by atoms with Crippen molar-refractivity contribution in [2.45, 2.75) is 6.42 Å². The molecule has 8 heteroatoms. The third kappa shape index (κ3) is 4.17. The first-order chi connectivity index (χ1) is 13.1. The monoisotopic (exact) mass is 365 g/mol. The Kier molecular flexibility index (Phi) is 4.91. The number of ketones is 1. The number of nitrogens with zero attached hydrogens (tertiary/aromatic N) is 7. The van der Waals surface area contributed by atoms with Crippen molar-refractivity contribution in [3.05, 3.63) is 36.4 Å². The number of Topliss-reactive ketones (excluding diaryl/α,β-unsaturated/α-hetero) is 1. The van der Waals surface area contributed by atoms with E-state index in [0.717, 1.165) is 54.0 Å². The van der Waals surface area contributed by atoms with Gasteiger partial charge in [0.15, 0.2) is 5.78 Å². The Morgan fingerprint density at radius 2 is 1.89 bits per heavy atom. The van der Waals surface area contributed by atoms with E-state index in [4.69, 9.17) is 0 Å². The Bertz CT molecular complexity index is 960. The van der Waals surface area contributed by atoms with Gasteiger partial charge in [-0.1, -0.05) is 5.21 Å². The van der Waals surface area contributed by atoms with E-state index >= 15 is 0 Å². The standard InChI is InChI=1S/C19H23N7O/c1-24-3-5-26(6-4-24)12-17(27)9-16-8-14-7-15(10-21-18(14)11-20-16)19-13-25(2)23-22-19/h7-8,10-11,13H,3-6,9,12H2,1-2H3. The molecule has 3 aromatic heterocycles. The average molecular weight is 365 g/mol. The molecule has 0 aromatic carbocycles. The quantitative estimate of drug-likeness (QED) is 0.661. The molecule has 1 fully saturated rings. The highest BCUT2D eigenvalue weighted by atomic mass is 16.1. The number of hydrogen-bond acceptors (Lipinski definition) is 7. The summed E-state index contributed by atoms with van der Waals surface area (Å²) < 4.78 is 1.66. The van der Waals surface area contributed by atoms with Crippen molar-refractivity contribution in [2.75, 3.05) is 39.8 Å². The van der Waals surface area contributed by atoms with Gasteiger partial charge in [-0.25, -0.2) is 0 Å². The second-order valence-electron chi connectivity index (χ2n) is 7.16. The molecular weight excluding hydrogens is 342 g/mol. The van der Waals surface area contributed by atoms with Gasteiger partial charge < -0.3 is 4.90 Å². The smallest absolute Gasteiger partial charge is 0.152 e. The highest BCUT2D eigenvalue weighted by Gasteiger charge is 2.17. The number of piperazine rings is 1. The van der Waals surface area contributed by atoms with Gasteiger partial charge in [-0.2, -0.15) is 0 Å². The van der Waals surface area contributed by atoms with Gasteiger partial charge in [0.05, 0.1) is 30.9 Å². The molecule has 4 rings (SSSR count). The Hall–Kier alpha value is -2.71. The number of fused-ring (bicyclic) bond motifs is 1. The molecule has 0 saturated carbocycles. The highest BCUT2D eigenvalue weighted by molar-refractivity contribution is 5.85. The lowest BCUT2D eigenvalue weighted by molar-refractivity contribution is -0.120. The maximum Gasteiger partial charge on any atom is 0.152 e. The Morgan fingerprint density at radius 3 is 2.63 bits per heavy atom. The first-order valence-electron chi connectivity index (χ1n) is 9.11. The van der Waals surface area contributed by atoms with E-state index in [2.05, 4.69) is 37.1 Å². The van der Waals surface area contributed by atoms with Crippen LogP contribution < -0.4 is 0 Å². The third-order valence-corrected chi connectivity index (χ3v) is 4.90. The van der Waals surface area contributed by atoms with Crippen molar-refractivity contribution >= 4 is 16.7 Å². The topological polar surface area (TPSA) is 80.0 Å². The summed E-state index contributed by atoms with van der Waals surface area (Å²) in [4.78, 5) is 25.8. The average Bonchev–Trinajstić information content (AvgIpc) is 3.09. The molecule has 0 N–H and O–H groups in total. The minimum absolute atomic E-state index is 0.199. The summed E-state index contributed by atoms with van der Waals surface area (Å²) in [6.45, 7) is 4.40. The van der Waals surface area contributed by atoms with Crippen LogP contribution in [-0.4, -0.2) is 80.3 Å². The number of aryl methyl sites for hydroxylation is 1. The summed E-state index contributed by atoms with van der Waals surface area (Å²) in [6.07, 6.45) is 5.70. The van der Waals surface area contributed by atoms with Crippen LogP contribution in [-0.2, 0) is 18.3 Å². The first-order valence-corrected chi connectivity index (χ1v) is 9.11. The minimum atomic E-state index is 0.199. The molecule has 0 amide bonds.